The average molecular weight is 649 g/mol. The highest BCUT2D eigenvalue weighted by Crippen LogP contribution is 2.32. The summed E-state index contributed by atoms with van der Waals surface area (Å²) in [5, 5.41) is 9.15. The third kappa shape index (κ3) is 7.49. The Hall–Kier alpha value is -4.30. The van der Waals surface area contributed by atoms with Crippen LogP contribution in [0.1, 0.15) is 62.5 Å². The molecule has 3 fully saturated rings. The highest BCUT2D eigenvalue weighted by molar-refractivity contribution is 6.04. The third-order valence-corrected chi connectivity index (χ3v) is 9.44. The van der Waals surface area contributed by atoms with Crippen LogP contribution in [-0.2, 0) is 9.53 Å². The normalized spacial score (nSPS) is 22.2. The molecular formula is C33H45FN10O3. The van der Waals surface area contributed by atoms with Crippen molar-refractivity contribution in [1.82, 2.24) is 25.3 Å². The Bertz CT molecular complexity index is 1560. The van der Waals surface area contributed by atoms with Gasteiger partial charge in [-0.3, -0.25) is 9.59 Å². The van der Waals surface area contributed by atoms with E-state index in [9.17, 15) is 9.59 Å². The maximum atomic E-state index is 15.1. The number of hydrogen-bond acceptors (Lipinski definition) is 10. The molecule has 252 valence electrons. The molecule has 4 heterocycles. The minimum absolute atomic E-state index is 0.0500. The van der Waals surface area contributed by atoms with E-state index < -0.39 is 11.7 Å². The molecule has 1 aliphatic carbocycles. The SMILES string of the molecule is CNc1nc(-c2c[nH]c(C(=O)Nc3cccc(F)c3N3CCO[C@H](CN)C3)n2)cc(N2CC(C(=O)NC3CCCCC3)CCC2C)n1. The van der Waals surface area contributed by atoms with Gasteiger partial charge in [-0.25, -0.2) is 14.4 Å². The number of anilines is 4. The molecule has 3 atom stereocenters. The number of para-hydroxylation sites is 1. The Balaban J connectivity index is 1.19. The second kappa shape index (κ2) is 14.6. The molecule has 14 heteroatoms. The number of morpholine rings is 1. The van der Waals surface area contributed by atoms with E-state index in [0.29, 0.717) is 61.6 Å². The zero-order valence-electron chi connectivity index (χ0n) is 27.1. The molecule has 1 saturated carbocycles. The number of piperidine rings is 1. The first kappa shape index (κ1) is 32.6. The van der Waals surface area contributed by atoms with E-state index in [-0.39, 0.29) is 41.5 Å². The smallest absolute Gasteiger partial charge is 0.291 e. The first-order valence-corrected chi connectivity index (χ1v) is 16.7. The molecule has 3 aromatic rings. The Morgan fingerprint density at radius 1 is 1.09 bits per heavy atom. The van der Waals surface area contributed by atoms with Gasteiger partial charge in [0, 0.05) is 57.6 Å². The maximum Gasteiger partial charge on any atom is 0.291 e. The molecule has 3 aliphatic rings. The number of H-pyrrole nitrogens is 1. The van der Waals surface area contributed by atoms with Crippen LogP contribution < -0.4 is 31.5 Å². The number of imidazole rings is 1. The molecule has 6 N–H and O–H groups in total. The van der Waals surface area contributed by atoms with Crippen LogP contribution in [0.2, 0.25) is 0 Å². The van der Waals surface area contributed by atoms with Crippen molar-refractivity contribution < 1.29 is 18.7 Å². The zero-order chi connectivity index (χ0) is 32.9. The van der Waals surface area contributed by atoms with E-state index in [4.69, 9.17) is 15.5 Å². The molecule has 47 heavy (non-hydrogen) atoms. The minimum Gasteiger partial charge on any atom is -0.373 e. The lowest BCUT2D eigenvalue weighted by Crippen LogP contribution is -2.49. The van der Waals surface area contributed by atoms with Crippen LogP contribution in [0.15, 0.2) is 30.5 Å². The fraction of sp³-hybridized carbons (Fsp3) is 0.545. The van der Waals surface area contributed by atoms with Crippen molar-refractivity contribution in [3.8, 4) is 11.4 Å². The van der Waals surface area contributed by atoms with E-state index >= 15 is 4.39 Å². The number of nitrogens with one attached hydrogen (secondary N) is 4. The lowest BCUT2D eigenvalue weighted by Gasteiger charge is -2.39. The largest absolute Gasteiger partial charge is 0.373 e. The molecule has 6 rings (SSSR count). The number of aromatic nitrogens is 4. The number of nitrogens with two attached hydrogens (primary N) is 1. The molecule has 2 aliphatic heterocycles. The Kier molecular flexibility index (Phi) is 10.2. The lowest BCUT2D eigenvalue weighted by atomic mass is 9.91. The number of hydrogen-bond donors (Lipinski definition) is 5. The highest BCUT2D eigenvalue weighted by atomic mass is 19.1. The molecule has 2 saturated heterocycles. The van der Waals surface area contributed by atoms with Gasteiger partial charge in [0.05, 0.1) is 35.7 Å². The number of aromatic amines is 1. The molecule has 0 bridgehead atoms. The Morgan fingerprint density at radius 2 is 1.91 bits per heavy atom. The summed E-state index contributed by atoms with van der Waals surface area (Å²) < 4.78 is 20.7. The molecule has 2 aromatic heterocycles. The second-order valence-corrected chi connectivity index (χ2v) is 12.7. The molecule has 2 unspecified atom stereocenters. The summed E-state index contributed by atoms with van der Waals surface area (Å²) in [7, 11) is 1.74. The second-order valence-electron chi connectivity index (χ2n) is 12.7. The van der Waals surface area contributed by atoms with E-state index in [1.165, 1.54) is 25.3 Å². The molecule has 13 nitrogen and oxygen atoms in total. The fourth-order valence-electron chi connectivity index (χ4n) is 6.78. The molecule has 0 spiro atoms. The van der Waals surface area contributed by atoms with Gasteiger partial charge in [-0.15, -0.1) is 0 Å². The van der Waals surface area contributed by atoms with Gasteiger partial charge in [0.25, 0.3) is 5.91 Å². The third-order valence-electron chi connectivity index (χ3n) is 9.44. The first-order valence-electron chi connectivity index (χ1n) is 16.7. The first-order chi connectivity index (χ1) is 22.8. The average Bonchev–Trinajstić information content (AvgIpc) is 3.60. The molecule has 2 amide bonds. The number of carbonyl (C=O) groups is 2. The van der Waals surface area contributed by atoms with Crippen LogP contribution in [-0.4, -0.2) is 89.8 Å². The van der Waals surface area contributed by atoms with Gasteiger partial charge in [0.2, 0.25) is 11.9 Å². The number of halogens is 1. The summed E-state index contributed by atoms with van der Waals surface area (Å²) in [6.45, 7) is 4.30. The Morgan fingerprint density at radius 3 is 2.70 bits per heavy atom. The van der Waals surface area contributed by atoms with Crippen LogP contribution in [0.4, 0.5) is 27.5 Å². The topological polar surface area (TPSA) is 166 Å². The van der Waals surface area contributed by atoms with Crippen LogP contribution in [0.5, 0.6) is 0 Å². The summed E-state index contributed by atoms with van der Waals surface area (Å²) in [6, 6.07) is 6.86. The van der Waals surface area contributed by atoms with Crippen molar-refractivity contribution in [1.29, 1.82) is 0 Å². The van der Waals surface area contributed by atoms with Crippen LogP contribution in [0.3, 0.4) is 0 Å². The van der Waals surface area contributed by atoms with E-state index in [0.717, 1.165) is 25.7 Å². The fourth-order valence-corrected chi connectivity index (χ4v) is 6.78. The summed E-state index contributed by atoms with van der Waals surface area (Å²) in [5.41, 5.74) is 7.37. The van der Waals surface area contributed by atoms with Crippen molar-refractivity contribution in [3.05, 3.63) is 42.1 Å². The molecular weight excluding hydrogens is 603 g/mol. The number of amides is 2. The highest BCUT2D eigenvalue weighted by Gasteiger charge is 2.33. The zero-order valence-corrected chi connectivity index (χ0v) is 27.1. The van der Waals surface area contributed by atoms with E-state index in [2.05, 4.69) is 42.7 Å². The van der Waals surface area contributed by atoms with Crippen LogP contribution in [0, 0.1) is 11.7 Å². The van der Waals surface area contributed by atoms with Crippen molar-refractivity contribution in [3.63, 3.8) is 0 Å². The predicted octanol–water partition coefficient (Wildman–Crippen LogP) is 3.52. The lowest BCUT2D eigenvalue weighted by molar-refractivity contribution is -0.126. The summed E-state index contributed by atoms with van der Waals surface area (Å²) in [4.78, 5) is 47.4. The number of rotatable bonds is 9. The maximum absolute atomic E-state index is 15.1. The van der Waals surface area contributed by atoms with Gasteiger partial charge >= 0.3 is 0 Å². The predicted molar refractivity (Wildman–Crippen MR) is 179 cm³/mol. The van der Waals surface area contributed by atoms with E-state index in [1.54, 1.807) is 25.4 Å². The number of benzene rings is 1. The van der Waals surface area contributed by atoms with Crippen molar-refractivity contribution in [2.45, 2.75) is 70.1 Å². The van der Waals surface area contributed by atoms with Gasteiger partial charge < -0.3 is 41.2 Å². The number of nitrogens with zero attached hydrogens (tertiary/aromatic N) is 5. The minimum atomic E-state index is -0.522. The summed E-state index contributed by atoms with van der Waals surface area (Å²) in [6.07, 6.45) is 8.76. The number of carbonyl (C=O) groups excluding carboxylic acids is 2. The van der Waals surface area contributed by atoms with Gasteiger partial charge in [-0.2, -0.15) is 4.98 Å². The van der Waals surface area contributed by atoms with Gasteiger partial charge in [0.1, 0.15) is 17.3 Å². The van der Waals surface area contributed by atoms with Gasteiger partial charge in [-0.05, 0) is 44.7 Å². The van der Waals surface area contributed by atoms with Crippen LogP contribution >= 0.6 is 0 Å². The standard InChI is InChI=1S/C33H45FN10O3/c1-20-11-12-21(31(45)38-22-7-4-3-5-8-22)18-44(20)28-15-26(41-33(36-2)42-28)27-17-37-30(39-27)32(46)40-25-10-6-9-24(34)29(25)43-13-14-47-23(16-35)19-43/h6,9-10,15,17,20-23H,3-5,7-8,11-14,16,18-19,35H2,1-2H3,(H,37,39)(H,38,45)(H,40,46)(H,36,41,42)/t20?,21?,23-/m1/s1. The van der Waals surface area contributed by atoms with Gasteiger partial charge in [-0.1, -0.05) is 25.3 Å². The van der Waals surface area contributed by atoms with Gasteiger partial charge in [0.15, 0.2) is 5.82 Å². The Labute approximate surface area is 274 Å². The number of ether oxygens (including phenoxy) is 1. The molecule has 1 aromatic carbocycles. The molecule has 0 radical (unpaired) electrons. The van der Waals surface area contributed by atoms with Crippen molar-refractivity contribution in [2.24, 2.45) is 11.7 Å². The quantitative estimate of drug-likeness (QED) is 0.232. The van der Waals surface area contributed by atoms with Crippen molar-refractivity contribution in [2.75, 3.05) is 60.3 Å². The monoisotopic (exact) mass is 648 g/mol. The van der Waals surface area contributed by atoms with Crippen LogP contribution in [0.25, 0.3) is 11.4 Å². The summed E-state index contributed by atoms with van der Waals surface area (Å²) in [5.74, 6) is 0.153. The van der Waals surface area contributed by atoms with E-state index in [1.807, 2.05) is 11.0 Å². The summed E-state index contributed by atoms with van der Waals surface area (Å²) >= 11 is 0. The van der Waals surface area contributed by atoms with Crippen molar-refractivity contribution >= 4 is 35.0 Å².